The van der Waals surface area contributed by atoms with Gasteiger partial charge in [0.2, 0.25) is 0 Å². The Kier molecular flexibility index (Phi) is 4.19. The number of benzene rings is 1. The summed E-state index contributed by atoms with van der Waals surface area (Å²) in [7, 11) is 0. The molecule has 0 heterocycles. The summed E-state index contributed by atoms with van der Waals surface area (Å²) in [5.41, 5.74) is 1.48. The van der Waals surface area contributed by atoms with Crippen LogP contribution < -0.4 is 5.32 Å². The summed E-state index contributed by atoms with van der Waals surface area (Å²) in [5.74, 6) is 1.59. The van der Waals surface area contributed by atoms with Gasteiger partial charge in [0.25, 0.3) is 0 Å². The number of rotatable bonds is 5. The summed E-state index contributed by atoms with van der Waals surface area (Å²) in [6.07, 6.45) is 6.47. The lowest BCUT2D eigenvalue weighted by Gasteiger charge is -2.38. The molecule has 2 fully saturated rings. The maximum Gasteiger partial charge on any atom is 0.137 e. The zero-order chi connectivity index (χ0) is 14.2. The predicted octanol–water partition coefficient (Wildman–Crippen LogP) is 4.55. The molecule has 1 N–H and O–H groups in total. The lowest BCUT2D eigenvalue weighted by atomic mass is 9.69. The Morgan fingerprint density at radius 2 is 2.25 bits per heavy atom. The highest BCUT2D eigenvalue weighted by Gasteiger charge is 2.50. The quantitative estimate of drug-likeness (QED) is 0.829. The number of halogens is 2. The molecule has 1 aromatic carbocycles. The van der Waals surface area contributed by atoms with E-state index in [0.29, 0.717) is 9.89 Å². The van der Waals surface area contributed by atoms with E-state index in [9.17, 15) is 4.39 Å². The first-order valence-electron chi connectivity index (χ1n) is 7.78. The monoisotopic (exact) mass is 339 g/mol. The third-order valence-electron chi connectivity index (χ3n) is 5.40. The standard InChI is InChI=1S/C17H23BrFN/c1-2-20-11-17(9-12-6-7-14(17)8-12)10-13-4-3-5-15(19)16(13)18/h3-5,12,14,20H,2,6-11H2,1H3. The van der Waals surface area contributed by atoms with E-state index in [4.69, 9.17) is 0 Å². The Balaban J connectivity index is 1.85. The molecule has 2 bridgehead atoms. The fourth-order valence-corrected chi connectivity index (χ4v) is 4.90. The Bertz CT molecular complexity index is 490. The van der Waals surface area contributed by atoms with E-state index >= 15 is 0 Å². The molecule has 1 aromatic rings. The molecule has 3 atom stereocenters. The molecule has 0 spiro atoms. The predicted molar refractivity (Wildman–Crippen MR) is 84.2 cm³/mol. The minimum absolute atomic E-state index is 0.135. The van der Waals surface area contributed by atoms with E-state index in [1.54, 1.807) is 0 Å². The second-order valence-corrected chi connectivity index (χ2v) is 7.41. The Morgan fingerprint density at radius 1 is 1.40 bits per heavy atom. The van der Waals surface area contributed by atoms with Crippen molar-refractivity contribution in [1.82, 2.24) is 5.32 Å². The van der Waals surface area contributed by atoms with Crippen LogP contribution in [-0.4, -0.2) is 13.1 Å². The Hall–Kier alpha value is -0.410. The molecule has 20 heavy (non-hydrogen) atoms. The van der Waals surface area contributed by atoms with Gasteiger partial charge < -0.3 is 5.32 Å². The van der Waals surface area contributed by atoms with Crippen LogP contribution in [0.15, 0.2) is 22.7 Å². The molecule has 3 rings (SSSR count). The first-order chi connectivity index (χ1) is 9.64. The average Bonchev–Trinajstić information content (AvgIpc) is 3.03. The van der Waals surface area contributed by atoms with Crippen molar-refractivity contribution < 1.29 is 4.39 Å². The van der Waals surface area contributed by atoms with Crippen LogP contribution in [0.5, 0.6) is 0 Å². The maximum absolute atomic E-state index is 13.8. The second kappa shape index (κ2) is 5.76. The highest BCUT2D eigenvalue weighted by Crippen LogP contribution is 2.57. The molecule has 0 amide bonds. The van der Waals surface area contributed by atoms with Gasteiger partial charge in [-0.3, -0.25) is 0 Å². The van der Waals surface area contributed by atoms with Crippen molar-refractivity contribution in [2.75, 3.05) is 13.1 Å². The van der Waals surface area contributed by atoms with Crippen molar-refractivity contribution in [3.63, 3.8) is 0 Å². The minimum atomic E-state index is -0.135. The summed E-state index contributed by atoms with van der Waals surface area (Å²) in [5, 5.41) is 3.56. The zero-order valence-electron chi connectivity index (χ0n) is 12.1. The Labute approximate surface area is 129 Å². The highest BCUT2D eigenvalue weighted by atomic mass is 79.9. The zero-order valence-corrected chi connectivity index (χ0v) is 13.7. The van der Waals surface area contributed by atoms with Crippen molar-refractivity contribution >= 4 is 15.9 Å². The number of hydrogen-bond acceptors (Lipinski definition) is 1. The van der Waals surface area contributed by atoms with Gasteiger partial charge in [0, 0.05) is 6.54 Å². The van der Waals surface area contributed by atoms with Crippen LogP contribution in [0, 0.1) is 23.1 Å². The molecule has 0 radical (unpaired) electrons. The first kappa shape index (κ1) is 14.5. The van der Waals surface area contributed by atoms with Crippen LogP contribution in [0.25, 0.3) is 0 Å². The summed E-state index contributed by atoms with van der Waals surface area (Å²) < 4.78 is 14.4. The van der Waals surface area contributed by atoms with Gasteiger partial charge in [0.15, 0.2) is 0 Å². The van der Waals surface area contributed by atoms with Gasteiger partial charge >= 0.3 is 0 Å². The fraction of sp³-hybridized carbons (Fsp3) is 0.647. The third kappa shape index (κ3) is 2.55. The van der Waals surface area contributed by atoms with Gasteiger partial charge in [-0.05, 0) is 77.0 Å². The number of hydrogen-bond donors (Lipinski definition) is 1. The number of nitrogens with one attached hydrogen (secondary N) is 1. The molecular formula is C17H23BrFN. The normalized spacial score (nSPS) is 31.9. The van der Waals surface area contributed by atoms with Gasteiger partial charge in [-0.15, -0.1) is 0 Å². The van der Waals surface area contributed by atoms with Gasteiger partial charge in [0.05, 0.1) is 4.47 Å². The molecule has 0 aliphatic heterocycles. The lowest BCUT2D eigenvalue weighted by Crippen LogP contribution is -2.40. The molecule has 3 unspecified atom stereocenters. The van der Waals surface area contributed by atoms with E-state index in [1.807, 2.05) is 6.07 Å². The van der Waals surface area contributed by atoms with Crippen LogP contribution in [0.1, 0.15) is 38.2 Å². The number of fused-ring (bicyclic) bond motifs is 2. The van der Waals surface area contributed by atoms with Crippen molar-refractivity contribution in [3.8, 4) is 0 Å². The smallest absolute Gasteiger partial charge is 0.137 e. The molecule has 0 saturated heterocycles. The molecule has 2 saturated carbocycles. The van der Waals surface area contributed by atoms with Gasteiger partial charge in [0.1, 0.15) is 5.82 Å². The van der Waals surface area contributed by atoms with Crippen molar-refractivity contribution in [2.24, 2.45) is 17.3 Å². The fourth-order valence-electron chi connectivity index (χ4n) is 4.49. The van der Waals surface area contributed by atoms with E-state index < -0.39 is 0 Å². The van der Waals surface area contributed by atoms with Crippen molar-refractivity contribution in [3.05, 3.63) is 34.1 Å². The summed E-state index contributed by atoms with van der Waals surface area (Å²) in [6.45, 7) is 4.26. The SMILES string of the molecule is CCNCC1(Cc2cccc(F)c2Br)CC2CCC1C2. The third-order valence-corrected chi connectivity index (χ3v) is 6.29. The van der Waals surface area contributed by atoms with Crippen molar-refractivity contribution in [1.29, 1.82) is 0 Å². The van der Waals surface area contributed by atoms with Crippen LogP contribution in [-0.2, 0) is 6.42 Å². The molecule has 3 heteroatoms. The largest absolute Gasteiger partial charge is 0.316 e. The molecular weight excluding hydrogens is 317 g/mol. The van der Waals surface area contributed by atoms with Crippen LogP contribution in [0.3, 0.4) is 0 Å². The summed E-state index contributed by atoms with van der Waals surface area (Å²) >= 11 is 3.44. The van der Waals surface area contributed by atoms with E-state index in [0.717, 1.165) is 36.9 Å². The minimum Gasteiger partial charge on any atom is -0.316 e. The molecule has 0 aromatic heterocycles. The summed E-state index contributed by atoms with van der Waals surface area (Å²) in [4.78, 5) is 0. The highest BCUT2D eigenvalue weighted by molar-refractivity contribution is 9.10. The average molecular weight is 340 g/mol. The first-order valence-corrected chi connectivity index (χ1v) is 8.57. The molecule has 1 nitrogen and oxygen atoms in total. The Morgan fingerprint density at radius 3 is 2.90 bits per heavy atom. The van der Waals surface area contributed by atoms with Gasteiger partial charge in [-0.2, -0.15) is 0 Å². The topological polar surface area (TPSA) is 12.0 Å². The van der Waals surface area contributed by atoms with Crippen LogP contribution >= 0.6 is 15.9 Å². The molecule has 2 aliphatic carbocycles. The lowest BCUT2D eigenvalue weighted by molar-refractivity contribution is 0.157. The van der Waals surface area contributed by atoms with E-state index in [1.165, 1.54) is 31.7 Å². The summed E-state index contributed by atoms with van der Waals surface area (Å²) in [6, 6.07) is 5.45. The van der Waals surface area contributed by atoms with E-state index in [-0.39, 0.29) is 5.82 Å². The maximum atomic E-state index is 13.8. The van der Waals surface area contributed by atoms with Gasteiger partial charge in [-0.1, -0.05) is 25.5 Å². The van der Waals surface area contributed by atoms with E-state index in [2.05, 4.69) is 34.2 Å². The van der Waals surface area contributed by atoms with Crippen LogP contribution in [0.2, 0.25) is 0 Å². The molecule has 2 aliphatic rings. The molecule has 110 valence electrons. The van der Waals surface area contributed by atoms with Crippen molar-refractivity contribution in [2.45, 2.75) is 39.0 Å². The van der Waals surface area contributed by atoms with Crippen LogP contribution in [0.4, 0.5) is 4.39 Å². The van der Waals surface area contributed by atoms with Gasteiger partial charge in [-0.25, -0.2) is 4.39 Å². The second-order valence-electron chi connectivity index (χ2n) is 6.61.